The lowest BCUT2D eigenvalue weighted by molar-refractivity contribution is -0.477. The molecule has 0 spiro atoms. The number of quaternary nitrogens is 1. The number of aryl methyl sites for hydroxylation is 2. The fraction of sp³-hybridized carbons (Fsp3) is 0.100. The molecule has 0 saturated heterocycles. The van der Waals surface area contributed by atoms with Crippen LogP contribution in [0.25, 0.3) is 0 Å². The van der Waals surface area contributed by atoms with Gasteiger partial charge in [0.2, 0.25) is 0 Å². The molecular formula is C20H22BNP2+2. The Morgan fingerprint density at radius 1 is 0.875 bits per heavy atom. The number of benzene rings is 3. The second-order valence-corrected chi connectivity index (χ2v) is 8.22. The Morgan fingerprint density at radius 3 is 2.21 bits per heavy atom. The molecule has 0 aromatic heterocycles. The maximum atomic E-state index is 2.85. The molecule has 0 radical (unpaired) electrons. The van der Waals surface area contributed by atoms with Crippen LogP contribution < -0.4 is 32.3 Å². The van der Waals surface area contributed by atoms with E-state index in [0.29, 0.717) is 6.71 Å². The third kappa shape index (κ3) is 2.64. The normalized spacial score (nSPS) is 12.9. The van der Waals surface area contributed by atoms with Crippen molar-refractivity contribution in [3.63, 3.8) is 0 Å². The first-order valence-electron chi connectivity index (χ1n) is 8.31. The third-order valence-corrected chi connectivity index (χ3v) is 5.82. The van der Waals surface area contributed by atoms with Gasteiger partial charge in [-0.2, -0.15) is 0 Å². The summed E-state index contributed by atoms with van der Waals surface area (Å²) in [5.41, 5.74) is 9.74. The first-order valence-corrected chi connectivity index (χ1v) is 9.59. The number of hydrogen-bond donors (Lipinski definition) is 1. The van der Waals surface area contributed by atoms with E-state index in [1.165, 1.54) is 49.5 Å². The van der Waals surface area contributed by atoms with Gasteiger partial charge in [0.15, 0.2) is 0 Å². The van der Waals surface area contributed by atoms with E-state index in [0.717, 1.165) is 0 Å². The number of hydrogen-bond acceptors (Lipinski definition) is 0. The lowest BCUT2D eigenvalue weighted by Gasteiger charge is -2.26. The maximum Gasteiger partial charge on any atom is 0.257 e. The Hall–Kier alpha value is -1.46. The molecule has 0 saturated carbocycles. The van der Waals surface area contributed by atoms with E-state index in [2.05, 4.69) is 83.0 Å². The molecule has 1 heterocycles. The van der Waals surface area contributed by atoms with E-state index in [4.69, 9.17) is 0 Å². The topological polar surface area (TPSA) is 16.6 Å². The summed E-state index contributed by atoms with van der Waals surface area (Å²) in [4.78, 5) is 0. The zero-order valence-corrected chi connectivity index (χ0v) is 16.7. The molecule has 3 aromatic carbocycles. The quantitative estimate of drug-likeness (QED) is 0.291. The third-order valence-electron chi connectivity index (χ3n) is 5.03. The highest BCUT2D eigenvalue weighted by atomic mass is 31.0. The second kappa shape index (κ2) is 6.12. The summed E-state index contributed by atoms with van der Waals surface area (Å²) in [6, 6.07) is 20.3. The monoisotopic (exact) mass is 349 g/mol. The lowest BCUT2D eigenvalue weighted by atomic mass is 9.34. The van der Waals surface area contributed by atoms with Crippen molar-refractivity contribution in [2.24, 2.45) is 0 Å². The Labute approximate surface area is 148 Å². The summed E-state index contributed by atoms with van der Waals surface area (Å²) >= 11 is 0. The minimum absolute atomic E-state index is 0.311. The van der Waals surface area contributed by atoms with Crippen LogP contribution in [0.3, 0.4) is 0 Å². The second-order valence-electron chi connectivity index (χ2n) is 6.73. The van der Waals surface area contributed by atoms with Crippen LogP contribution >= 0.6 is 18.5 Å². The summed E-state index contributed by atoms with van der Waals surface area (Å²) in [6.07, 6.45) is 0. The first-order chi connectivity index (χ1) is 11.5. The van der Waals surface area contributed by atoms with Crippen molar-refractivity contribution in [2.75, 3.05) is 0 Å². The Bertz CT molecular complexity index is 881. The van der Waals surface area contributed by atoms with Gasteiger partial charge in [-0.1, -0.05) is 40.9 Å². The van der Waals surface area contributed by atoms with Crippen LogP contribution in [0, 0.1) is 13.8 Å². The molecule has 3 aromatic rings. The predicted octanol–water partition coefficient (Wildman–Crippen LogP) is 0.393. The van der Waals surface area contributed by atoms with E-state index < -0.39 is 0 Å². The highest BCUT2D eigenvalue weighted by molar-refractivity contribution is 7.27. The molecule has 4 rings (SSSR count). The van der Waals surface area contributed by atoms with E-state index in [-0.39, 0.29) is 0 Å². The van der Waals surface area contributed by atoms with E-state index in [9.17, 15) is 0 Å². The van der Waals surface area contributed by atoms with Crippen LogP contribution in [0.1, 0.15) is 11.1 Å². The number of rotatable bonds is 1. The van der Waals surface area contributed by atoms with Gasteiger partial charge in [0.25, 0.3) is 6.71 Å². The van der Waals surface area contributed by atoms with Gasteiger partial charge >= 0.3 is 0 Å². The lowest BCUT2D eigenvalue weighted by Crippen LogP contribution is -2.82. The van der Waals surface area contributed by atoms with Crippen LogP contribution in [0.15, 0.2) is 54.6 Å². The van der Waals surface area contributed by atoms with Crippen molar-refractivity contribution in [3.8, 4) is 0 Å². The van der Waals surface area contributed by atoms with Crippen molar-refractivity contribution >= 4 is 63.6 Å². The molecule has 4 heteroatoms. The summed E-state index contributed by atoms with van der Waals surface area (Å²) in [6.45, 7) is 4.79. The molecule has 1 aliphatic heterocycles. The Balaban J connectivity index is 2.05. The number of fused-ring (bicyclic) bond motifs is 2. The molecule has 1 aliphatic rings. The molecule has 1 nitrogen and oxygen atoms in total. The fourth-order valence-electron chi connectivity index (χ4n) is 3.91. The van der Waals surface area contributed by atoms with Crippen molar-refractivity contribution in [2.45, 2.75) is 13.8 Å². The molecule has 0 fully saturated rings. The van der Waals surface area contributed by atoms with Gasteiger partial charge in [-0.3, -0.25) is 5.32 Å². The largest absolute Gasteiger partial charge is 0.282 e. The number of nitrogens with two attached hydrogens (primary N) is 1. The summed E-state index contributed by atoms with van der Waals surface area (Å²) in [5.74, 6) is 0. The van der Waals surface area contributed by atoms with Gasteiger partial charge in [0.1, 0.15) is 11.4 Å². The molecule has 0 amide bonds. The minimum Gasteiger partial charge on any atom is -0.282 e. The average Bonchev–Trinajstić information content (AvgIpc) is 2.54. The maximum absolute atomic E-state index is 2.85. The first kappa shape index (κ1) is 16.0. The molecule has 2 unspecified atom stereocenters. The van der Waals surface area contributed by atoms with Crippen LogP contribution in [0.4, 0.5) is 11.4 Å². The highest BCUT2D eigenvalue weighted by Gasteiger charge is 2.36. The molecular weight excluding hydrogens is 327 g/mol. The fourth-order valence-corrected chi connectivity index (χ4v) is 4.52. The SMILES string of the molecule is Cc1cccc(C)c1B1c2cc(P)ccc2[NH2+]c2ccc([PH3+])cc21. The van der Waals surface area contributed by atoms with Gasteiger partial charge < -0.3 is 0 Å². The van der Waals surface area contributed by atoms with Crippen molar-refractivity contribution < 1.29 is 5.32 Å². The zero-order valence-electron chi connectivity index (χ0n) is 14.1. The Morgan fingerprint density at radius 2 is 1.50 bits per heavy atom. The Kier molecular flexibility index (Phi) is 4.09. The molecule has 2 N–H and O–H groups in total. The smallest absolute Gasteiger partial charge is 0.257 e. The molecule has 24 heavy (non-hydrogen) atoms. The molecule has 0 aliphatic carbocycles. The van der Waals surface area contributed by atoms with E-state index >= 15 is 0 Å². The van der Waals surface area contributed by atoms with Crippen LogP contribution in [-0.2, 0) is 0 Å². The van der Waals surface area contributed by atoms with Gasteiger partial charge in [-0.15, -0.1) is 9.24 Å². The van der Waals surface area contributed by atoms with Crippen molar-refractivity contribution in [1.29, 1.82) is 0 Å². The van der Waals surface area contributed by atoms with Crippen molar-refractivity contribution in [3.05, 3.63) is 65.7 Å². The van der Waals surface area contributed by atoms with Gasteiger partial charge in [0.05, 0.1) is 5.30 Å². The van der Waals surface area contributed by atoms with Crippen LogP contribution in [-0.4, -0.2) is 6.71 Å². The highest BCUT2D eigenvalue weighted by Crippen LogP contribution is 2.13. The van der Waals surface area contributed by atoms with E-state index in [1.54, 1.807) is 0 Å². The predicted molar refractivity (Wildman–Crippen MR) is 115 cm³/mol. The molecule has 118 valence electrons. The van der Waals surface area contributed by atoms with Gasteiger partial charge in [0, 0.05) is 15.3 Å². The molecule has 2 atom stereocenters. The minimum atomic E-state index is 0.311. The van der Waals surface area contributed by atoms with Gasteiger partial charge in [-0.25, -0.2) is 0 Å². The summed E-state index contributed by atoms with van der Waals surface area (Å²) in [5, 5.41) is 4.93. The summed E-state index contributed by atoms with van der Waals surface area (Å²) in [7, 11) is 4.81. The average molecular weight is 349 g/mol. The van der Waals surface area contributed by atoms with Crippen molar-refractivity contribution in [1.82, 2.24) is 0 Å². The zero-order chi connectivity index (χ0) is 16.8. The van der Waals surface area contributed by atoms with Gasteiger partial charge in [-0.05, 0) is 54.3 Å². The van der Waals surface area contributed by atoms with Crippen LogP contribution in [0.2, 0.25) is 0 Å². The standard InChI is InChI=1S/C20H20BNP2/c1-12-4-3-5-13(2)20(12)21-16-10-14(23)6-8-18(16)22-19-9-7-15(24)11-17(19)21/h3-11,22H,23-24H2,1-2H3/p+2. The van der Waals surface area contributed by atoms with Crippen LogP contribution in [0.5, 0.6) is 0 Å². The summed E-state index contributed by atoms with van der Waals surface area (Å²) < 4.78 is 0. The van der Waals surface area contributed by atoms with E-state index in [1.807, 2.05) is 9.24 Å². The molecule has 0 bridgehead atoms.